The third-order valence-electron chi connectivity index (χ3n) is 2.32. The number of aromatic nitrogens is 2. The van der Waals surface area contributed by atoms with Gasteiger partial charge in [0.15, 0.2) is 0 Å². The normalized spacial score (nSPS) is 10.2. The van der Waals surface area contributed by atoms with E-state index in [-0.39, 0.29) is 16.9 Å². The molecule has 0 saturated carbocycles. The van der Waals surface area contributed by atoms with Crippen LogP contribution >= 0.6 is 11.3 Å². The summed E-state index contributed by atoms with van der Waals surface area (Å²) in [6.07, 6.45) is 0. The number of hydrogen-bond acceptors (Lipinski definition) is 7. The van der Waals surface area contributed by atoms with Crippen LogP contribution in [0.15, 0.2) is 17.6 Å². The van der Waals surface area contributed by atoms with Crippen molar-refractivity contribution in [1.29, 1.82) is 0 Å². The van der Waals surface area contributed by atoms with Gasteiger partial charge in [0.2, 0.25) is 5.13 Å². The van der Waals surface area contributed by atoms with Gasteiger partial charge in [-0.05, 0) is 18.6 Å². The number of amides is 1. The molecule has 0 fully saturated rings. The maximum atomic E-state index is 12.0. The fraction of sp³-hybridized carbons (Fsp3) is 0.100. The number of nitrogen functional groups attached to an aromatic ring is 1. The van der Waals surface area contributed by atoms with Crippen molar-refractivity contribution in [3.8, 4) is 0 Å². The number of hydrogen-bond donors (Lipinski definition) is 2. The van der Waals surface area contributed by atoms with Crippen LogP contribution < -0.4 is 11.1 Å². The fourth-order valence-electron chi connectivity index (χ4n) is 1.51. The highest BCUT2D eigenvalue weighted by Crippen LogP contribution is 2.27. The molecule has 1 aromatic heterocycles. The van der Waals surface area contributed by atoms with Crippen LogP contribution in [0.25, 0.3) is 0 Å². The molecular formula is C10H9N5O3S. The van der Waals surface area contributed by atoms with Gasteiger partial charge in [0, 0.05) is 6.07 Å². The zero-order chi connectivity index (χ0) is 14.0. The van der Waals surface area contributed by atoms with Crippen molar-refractivity contribution < 1.29 is 9.72 Å². The summed E-state index contributed by atoms with van der Waals surface area (Å²) in [5.74, 6) is -0.555. The van der Waals surface area contributed by atoms with Crippen LogP contribution in [0.1, 0.15) is 15.9 Å². The molecule has 1 amide bonds. The fourth-order valence-corrected chi connectivity index (χ4v) is 1.95. The summed E-state index contributed by atoms with van der Waals surface area (Å²) >= 11 is 1.14. The molecule has 0 spiro atoms. The van der Waals surface area contributed by atoms with Crippen molar-refractivity contribution in [2.45, 2.75) is 6.92 Å². The van der Waals surface area contributed by atoms with Gasteiger partial charge in [-0.3, -0.25) is 20.2 Å². The summed E-state index contributed by atoms with van der Waals surface area (Å²) in [6.45, 7) is 1.65. The van der Waals surface area contributed by atoms with Gasteiger partial charge in [0.25, 0.3) is 11.6 Å². The van der Waals surface area contributed by atoms with E-state index in [2.05, 4.69) is 15.5 Å². The van der Waals surface area contributed by atoms with Crippen molar-refractivity contribution in [2.75, 3.05) is 11.1 Å². The van der Waals surface area contributed by atoms with E-state index in [4.69, 9.17) is 5.73 Å². The summed E-state index contributed by atoms with van der Waals surface area (Å²) in [4.78, 5) is 22.2. The highest BCUT2D eigenvalue weighted by atomic mass is 32.1. The summed E-state index contributed by atoms with van der Waals surface area (Å²) < 4.78 is 0. The van der Waals surface area contributed by atoms with Gasteiger partial charge in [-0.15, -0.1) is 10.2 Å². The largest absolute Gasteiger partial charge is 0.393 e. The molecule has 0 aliphatic rings. The van der Waals surface area contributed by atoms with Crippen LogP contribution in [0.4, 0.5) is 16.5 Å². The first-order valence-corrected chi connectivity index (χ1v) is 5.99. The lowest BCUT2D eigenvalue weighted by molar-refractivity contribution is -0.384. The number of nitrogens with two attached hydrogens (primary N) is 1. The Balaban J connectivity index is 2.39. The van der Waals surface area contributed by atoms with Gasteiger partial charge in [-0.2, -0.15) is 0 Å². The second kappa shape index (κ2) is 4.98. The lowest BCUT2D eigenvalue weighted by Crippen LogP contribution is -2.15. The first kappa shape index (κ1) is 12.9. The summed E-state index contributed by atoms with van der Waals surface area (Å²) in [5.41, 5.74) is 7.26. The molecule has 0 aliphatic carbocycles. The van der Waals surface area contributed by atoms with Gasteiger partial charge in [0.1, 0.15) is 11.2 Å². The Kier molecular flexibility index (Phi) is 3.38. The number of carbonyl (C=O) groups is 1. The van der Waals surface area contributed by atoms with E-state index in [0.29, 0.717) is 10.7 Å². The van der Waals surface area contributed by atoms with E-state index in [1.165, 1.54) is 17.6 Å². The number of nitrogens with one attached hydrogen (secondary N) is 1. The number of rotatable bonds is 3. The third kappa shape index (κ3) is 2.65. The third-order valence-corrected chi connectivity index (χ3v) is 2.93. The zero-order valence-corrected chi connectivity index (χ0v) is 10.6. The summed E-state index contributed by atoms with van der Waals surface area (Å²) in [5, 5.41) is 20.8. The van der Waals surface area contributed by atoms with E-state index in [1.807, 2.05) is 0 Å². The molecule has 2 rings (SSSR count). The minimum atomic E-state index is -0.621. The lowest BCUT2D eigenvalue weighted by Gasteiger charge is -2.07. The summed E-state index contributed by atoms with van der Waals surface area (Å²) in [6, 6.07) is 2.80. The average Bonchev–Trinajstić information content (AvgIpc) is 2.84. The molecule has 0 aliphatic heterocycles. The lowest BCUT2D eigenvalue weighted by atomic mass is 10.1. The molecule has 0 unspecified atom stereocenters. The summed E-state index contributed by atoms with van der Waals surface area (Å²) in [7, 11) is 0. The molecule has 1 heterocycles. The second-order valence-electron chi connectivity index (χ2n) is 3.70. The Bertz CT molecular complexity index is 641. The standard InChI is InChI=1S/C10H9N5O3S/c1-5-2-6(8(11)7(3-5)15(17)18)9(16)13-10-14-12-4-19-10/h2-4H,11H2,1H3,(H,13,14,16). The first-order valence-electron chi connectivity index (χ1n) is 5.11. The van der Waals surface area contributed by atoms with Gasteiger partial charge < -0.3 is 5.73 Å². The Labute approximate surface area is 111 Å². The highest BCUT2D eigenvalue weighted by Gasteiger charge is 2.21. The van der Waals surface area contributed by atoms with Gasteiger partial charge in [-0.25, -0.2) is 0 Å². The van der Waals surface area contributed by atoms with Crippen LogP contribution in [0.2, 0.25) is 0 Å². The molecule has 0 saturated heterocycles. The first-order chi connectivity index (χ1) is 8.99. The molecular weight excluding hydrogens is 270 g/mol. The van der Waals surface area contributed by atoms with E-state index < -0.39 is 10.8 Å². The van der Waals surface area contributed by atoms with Gasteiger partial charge in [-0.1, -0.05) is 11.3 Å². The molecule has 0 atom stereocenters. The molecule has 0 bridgehead atoms. The molecule has 2 aromatic rings. The van der Waals surface area contributed by atoms with E-state index in [1.54, 1.807) is 6.92 Å². The van der Waals surface area contributed by atoms with Crippen LogP contribution in [0.5, 0.6) is 0 Å². The molecule has 9 heteroatoms. The molecule has 1 aromatic carbocycles. The number of nitro groups is 1. The molecule has 19 heavy (non-hydrogen) atoms. The van der Waals surface area contributed by atoms with Crippen LogP contribution in [0, 0.1) is 17.0 Å². The SMILES string of the molecule is Cc1cc(C(=O)Nc2nncs2)c(N)c([N+](=O)[O-])c1. The number of anilines is 2. The van der Waals surface area contributed by atoms with Crippen molar-refractivity contribution in [1.82, 2.24) is 10.2 Å². The van der Waals surface area contributed by atoms with Gasteiger partial charge in [0.05, 0.1) is 10.5 Å². The highest BCUT2D eigenvalue weighted by molar-refractivity contribution is 7.13. The molecule has 3 N–H and O–H groups in total. The van der Waals surface area contributed by atoms with Crippen molar-refractivity contribution in [2.24, 2.45) is 0 Å². The molecule has 98 valence electrons. The minimum Gasteiger partial charge on any atom is -0.393 e. The van der Waals surface area contributed by atoms with E-state index in [0.717, 1.165) is 11.3 Å². The Morgan fingerprint density at radius 3 is 2.84 bits per heavy atom. The maximum Gasteiger partial charge on any atom is 0.293 e. The van der Waals surface area contributed by atoms with Crippen LogP contribution in [0.3, 0.4) is 0 Å². The average molecular weight is 279 g/mol. The quantitative estimate of drug-likeness (QED) is 0.499. The van der Waals surface area contributed by atoms with Crippen LogP contribution in [-0.4, -0.2) is 21.0 Å². The second-order valence-corrected chi connectivity index (χ2v) is 4.53. The number of nitro benzene ring substituents is 1. The Morgan fingerprint density at radius 1 is 1.53 bits per heavy atom. The van der Waals surface area contributed by atoms with Crippen molar-refractivity contribution in [3.05, 3.63) is 38.9 Å². The minimum absolute atomic E-state index is 0.0434. The number of nitrogens with zero attached hydrogens (tertiary/aromatic N) is 3. The van der Waals surface area contributed by atoms with Crippen molar-refractivity contribution >= 4 is 33.8 Å². The van der Waals surface area contributed by atoms with E-state index >= 15 is 0 Å². The maximum absolute atomic E-state index is 12.0. The van der Waals surface area contributed by atoms with Crippen LogP contribution in [-0.2, 0) is 0 Å². The van der Waals surface area contributed by atoms with Crippen molar-refractivity contribution in [3.63, 3.8) is 0 Å². The Hall–Kier alpha value is -2.55. The predicted octanol–water partition coefficient (Wildman–Crippen LogP) is 1.59. The van der Waals surface area contributed by atoms with Gasteiger partial charge >= 0.3 is 0 Å². The monoisotopic (exact) mass is 279 g/mol. The number of benzene rings is 1. The molecule has 8 nitrogen and oxygen atoms in total. The number of aryl methyl sites for hydroxylation is 1. The zero-order valence-electron chi connectivity index (χ0n) is 9.78. The predicted molar refractivity (Wildman–Crippen MR) is 70.1 cm³/mol. The topological polar surface area (TPSA) is 124 Å². The van der Waals surface area contributed by atoms with E-state index in [9.17, 15) is 14.9 Å². The Morgan fingerprint density at radius 2 is 2.26 bits per heavy atom. The molecule has 0 radical (unpaired) electrons. The smallest absolute Gasteiger partial charge is 0.293 e. The number of carbonyl (C=O) groups excluding carboxylic acids is 1.